The summed E-state index contributed by atoms with van der Waals surface area (Å²) < 4.78 is 0. The van der Waals surface area contributed by atoms with Gasteiger partial charge in [-0.1, -0.05) is 32.9 Å². The van der Waals surface area contributed by atoms with Crippen LogP contribution in [0.25, 0.3) is 0 Å². The summed E-state index contributed by atoms with van der Waals surface area (Å²) in [6.07, 6.45) is 4.21. The lowest BCUT2D eigenvalue weighted by atomic mass is 9.51. The van der Waals surface area contributed by atoms with Crippen molar-refractivity contribution in [3.05, 3.63) is 42.0 Å². The van der Waals surface area contributed by atoms with E-state index in [1.807, 2.05) is 18.2 Å². The van der Waals surface area contributed by atoms with E-state index in [1.165, 1.54) is 17.5 Å². The second kappa shape index (κ2) is 4.36. The van der Waals surface area contributed by atoms with Crippen molar-refractivity contribution >= 4 is 0 Å². The molecule has 1 fully saturated rings. The number of benzene rings is 1. The third-order valence-electron chi connectivity index (χ3n) is 6.06. The van der Waals surface area contributed by atoms with Gasteiger partial charge < -0.3 is 5.11 Å². The van der Waals surface area contributed by atoms with Crippen molar-refractivity contribution in [1.29, 1.82) is 0 Å². The molecule has 2 heteroatoms. The van der Waals surface area contributed by atoms with Crippen LogP contribution in [0, 0.1) is 5.41 Å². The van der Waals surface area contributed by atoms with Crippen molar-refractivity contribution in [1.82, 2.24) is 4.90 Å². The number of rotatable bonds is 2. The topological polar surface area (TPSA) is 23.5 Å². The highest BCUT2D eigenvalue weighted by Gasteiger charge is 2.55. The van der Waals surface area contributed by atoms with E-state index < -0.39 is 0 Å². The molecule has 108 valence electrons. The fourth-order valence-corrected chi connectivity index (χ4v) is 4.42. The van der Waals surface area contributed by atoms with Crippen molar-refractivity contribution in [2.45, 2.75) is 45.1 Å². The molecule has 1 N–H and O–H groups in total. The van der Waals surface area contributed by atoms with Crippen molar-refractivity contribution in [2.75, 3.05) is 13.1 Å². The molecule has 1 aliphatic carbocycles. The minimum absolute atomic E-state index is 0.191. The number of likely N-dealkylation sites (tertiary alicyclic amines) is 1. The van der Waals surface area contributed by atoms with Crippen LogP contribution in [-0.4, -0.2) is 29.1 Å². The minimum atomic E-state index is 0.191. The first kappa shape index (κ1) is 13.7. The van der Waals surface area contributed by atoms with Gasteiger partial charge in [0.15, 0.2) is 0 Å². The lowest BCUT2D eigenvalue weighted by Gasteiger charge is -2.61. The zero-order valence-corrected chi connectivity index (χ0v) is 12.8. The molecule has 2 nitrogen and oxygen atoms in total. The Bertz CT molecular complexity index is 548. The normalized spacial score (nSPS) is 31.6. The van der Waals surface area contributed by atoms with E-state index in [1.54, 1.807) is 0 Å². The molecule has 1 aromatic rings. The molecular weight excluding hydrogens is 246 g/mol. The fraction of sp³-hybridized carbons (Fsp3) is 0.556. The second-order valence-corrected chi connectivity index (χ2v) is 7.15. The Morgan fingerprint density at radius 3 is 2.85 bits per heavy atom. The molecule has 0 amide bonds. The van der Waals surface area contributed by atoms with Crippen LogP contribution >= 0.6 is 0 Å². The Labute approximate surface area is 122 Å². The predicted molar refractivity (Wildman–Crippen MR) is 83.1 cm³/mol. The molecule has 20 heavy (non-hydrogen) atoms. The van der Waals surface area contributed by atoms with Gasteiger partial charge in [0, 0.05) is 18.0 Å². The first-order chi connectivity index (χ1) is 9.40. The van der Waals surface area contributed by atoms with Crippen molar-refractivity contribution in [3.63, 3.8) is 0 Å². The van der Waals surface area contributed by atoms with E-state index in [4.69, 9.17) is 0 Å². The van der Waals surface area contributed by atoms with Crippen LogP contribution in [0.1, 0.15) is 38.3 Å². The molecule has 1 heterocycles. The van der Waals surface area contributed by atoms with Crippen molar-refractivity contribution in [3.8, 4) is 5.75 Å². The van der Waals surface area contributed by atoms with Gasteiger partial charge in [-0.2, -0.15) is 0 Å². The van der Waals surface area contributed by atoms with Crippen LogP contribution in [0.15, 0.2) is 30.9 Å². The van der Waals surface area contributed by atoms with Gasteiger partial charge in [-0.05, 0) is 48.1 Å². The molecule has 0 unspecified atom stereocenters. The molecule has 3 rings (SSSR count). The van der Waals surface area contributed by atoms with E-state index >= 15 is 0 Å². The highest BCUT2D eigenvalue weighted by Crippen LogP contribution is 2.56. The lowest BCUT2D eigenvalue weighted by molar-refractivity contribution is -0.0320. The SMILES string of the molecule is C=CCN1CC[C@@]2(C)c3ccc(O)cc3C[C@@H]1C2(C)C. The molecule has 0 aromatic heterocycles. The van der Waals surface area contributed by atoms with Gasteiger partial charge in [0.05, 0.1) is 0 Å². The van der Waals surface area contributed by atoms with Gasteiger partial charge in [-0.15, -0.1) is 6.58 Å². The Morgan fingerprint density at radius 1 is 1.40 bits per heavy atom. The van der Waals surface area contributed by atoms with E-state index in [0.29, 0.717) is 11.8 Å². The van der Waals surface area contributed by atoms with E-state index in [0.717, 1.165) is 19.5 Å². The Morgan fingerprint density at radius 2 is 2.15 bits per heavy atom. The first-order valence-corrected chi connectivity index (χ1v) is 7.57. The number of nitrogens with zero attached hydrogens (tertiary/aromatic N) is 1. The number of phenols is 1. The average molecular weight is 271 g/mol. The number of aromatic hydroxyl groups is 1. The maximum absolute atomic E-state index is 9.81. The zero-order valence-electron chi connectivity index (χ0n) is 12.8. The minimum Gasteiger partial charge on any atom is -0.508 e. The molecule has 2 aliphatic rings. The molecule has 0 radical (unpaired) electrons. The van der Waals surface area contributed by atoms with Crippen LogP contribution < -0.4 is 0 Å². The maximum Gasteiger partial charge on any atom is 0.115 e. The quantitative estimate of drug-likeness (QED) is 0.832. The number of hydrogen-bond donors (Lipinski definition) is 1. The third kappa shape index (κ3) is 1.67. The van der Waals surface area contributed by atoms with Crippen LogP contribution in [0.3, 0.4) is 0 Å². The summed E-state index contributed by atoms with van der Waals surface area (Å²) in [7, 11) is 0. The Balaban J connectivity index is 2.13. The summed E-state index contributed by atoms with van der Waals surface area (Å²) in [4.78, 5) is 2.56. The molecule has 1 aromatic carbocycles. The van der Waals surface area contributed by atoms with Gasteiger partial charge in [0.25, 0.3) is 0 Å². The van der Waals surface area contributed by atoms with Crippen LogP contribution in [0.2, 0.25) is 0 Å². The van der Waals surface area contributed by atoms with Crippen molar-refractivity contribution in [2.24, 2.45) is 5.41 Å². The van der Waals surface area contributed by atoms with Gasteiger partial charge in [0.2, 0.25) is 0 Å². The standard InChI is InChI=1S/C18H25NO/c1-5-9-19-10-8-18(4)15-7-6-14(20)11-13(15)12-16(19)17(18,2)3/h5-7,11,16,20H,1,8-10,12H2,2-4H3/t16-,18+/m1/s1. The maximum atomic E-state index is 9.81. The number of phenolic OH excluding ortho intramolecular Hbond substituents is 1. The lowest BCUT2D eigenvalue weighted by Crippen LogP contribution is -2.63. The van der Waals surface area contributed by atoms with Crippen LogP contribution in [-0.2, 0) is 11.8 Å². The first-order valence-electron chi connectivity index (χ1n) is 7.57. The van der Waals surface area contributed by atoms with E-state index in [2.05, 4.69) is 38.3 Å². The molecule has 1 saturated heterocycles. The Kier molecular flexibility index (Phi) is 2.98. The molecule has 2 atom stereocenters. The summed E-state index contributed by atoms with van der Waals surface area (Å²) in [5.74, 6) is 0.389. The highest BCUT2D eigenvalue weighted by molar-refractivity contribution is 5.45. The Hall–Kier alpha value is -1.28. The zero-order chi connectivity index (χ0) is 14.5. The number of hydrogen-bond acceptors (Lipinski definition) is 2. The summed E-state index contributed by atoms with van der Waals surface area (Å²) in [6.45, 7) is 13.2. The predicted octanol–water partition coefficient (Wildman–Crippen LogP) is 3.49. The van der Waals surface area contributed by atoms with E-state index in [-0.39, 0.29) is 10.8 Å². The van der Waals surface area contributed by atoms with Crippen molar-refractivity contribution < 1.29 is 5.11 Å². The largest absolute Gasteiger partial charge is 0.508 e. The van der Waals surface area contributed by atoms with Gasteiger partial charge in [-0.25, -0.2) is 0 Å². The number of piperidine rings is 1. The average Bonchev–Trinajstić information content (AvgIpc) is 2.37. The molecule has 0 saturated carbocycles. The molecule has 1 aliphatic heterocycles. The summed E-state index contributed by atoms with van der Waals surface area (Å²) >= 11 is 0. The monoisotopic (exact) mass is 271 g/mol. The second-order valence-electron chi connectivity index (χ2n) is 7.15. The number of fused-ring (bicyclic) bond motifs is 4. The van der Waals surface area contributed by atoms with Gasteiger partial charge >= 0.3 is 0 Å². The van der Waals surface area contributed by atoms with Gasteiger partial charge in [0.1, 0.15) is 5.75 Å². The van der Waals surface area contributed by atoms with Gasteiger partial charge in [-0.3, -0.25) is 4.90 Å². The third-order valence-corrected chi connectivity index (χ3v) is 6.06. The van der Waals surface area contributed by atoms with Crippen LogP contribution in [0.5, 0.6) is 5.75 Å². The summed E-state index contributed by atoms with van der Waals surface area (Å²) in [6, 6.07) is 6.48. The molecular formula is C18H25NO. The summed E-state index contributed by atoms with van der Waals surface area (Å²) in [5.41, 5.74) is 3.19. The van der Waals surface area contributed by atoms with E-state index in [9.17, 15) is 5.11 Å². The fourth-order valence-electron chi connectivity index (χ4n) is 4.42. The summed E-state index contributed by atoms with van der Waals surface area (Å²) in [5, 5.41) is 9.81. The smallest absolute Gasteiger partial charge is 0.115 e. The molecule has 2 bridgehead atoms. The van der Waals surface area contributed by atoms with Crippen LogP contribution in [0.4, 0.5) is 0 Å². The highest BCUT2D eigenvalue weighted by atomic mass is 16.3. The molecule has 0 spiro atoms.